The summed E-state index contributed by atoms with van der Waals surface area (Å²) in [6.07, 6.45) is 0. The van der Waals surface area contributed by atoms with Crippen LogP contribution < -0.4 is 0 Å². The Morgan fingerprint density at radius 1 is 0.737 bits per heavy atom. The third kappa shape index (κ3) is 17.7. The molecule has 0 fully saturated rings. The van der Waals surface area contributed by atoms with E-state index in [0.29, 0.717) is 4.32 Å². The summed E-state index contributed by atoms with van der Waals surface area (Å²) in [6, 6.07) is 0. The number of hydrogen-bond acceptors (Lipinski definition) is 5. The van der Waals surface area contributed by atoms with Crippen LogP contribution in [-0.4, -0.2) is 99.5 Å². The van der Waals surface area contributed by atoms with Gasteiger partial charge in [0.2, 0.25) is 0 Å². The molecule has 0 unspecified atom stereocenters. The first-order chi connectivity index (χ1) is 8.09. The second-order valence-corrected chi connectivity index (χ2v) is 8.17. The SMILES string of the molecule is CN(C)C(=S)S.CN(C)C(=S)SSC(=S)N(C)C.[NaH]. The summed E-state index contributed by atoms with van der Waals surface area (Å²) < 4.78 is 2.29. The molecule has 0 aromatic carbocycles. The zero-order valence-corrected chi connectivity index (χ0v) is 16.3. The van der Waals surface area contributed by atoms with Gasteiger partial charge >= 0.3 is 29.6 Å². The van der Waals surface area contributed by atoms with Crippen molar-refractivity contribution in [1.82, 2.24) is 14.7 Å². The quantitative estimate of drug-likeness (QED) is 0.290. The normalized spacial score (nSPS) is 8.37. The average Bonchev–Trinajstić information content (AvgIpc) is 2.25. The van der Waals surface area contributed by atoms with Crippen LogP contribution in [0.3, 0.4) is 0 Å². The molecule has 0 aliphatic heterocycles. The Morgan fingerprint density at radius 2 is 0.947 bits per heavy atom. The van der Waals surface area contributed by atoms with Gasteiger partial charge in [-0.3, -0.25) is 0 Å². The van der Waals surface area contributed by atoms with Crippen molar-refractivity contribution in [3.8, 4) is 0 Å². The summed E-state index contributed by atoms with van der Waals surface area (Å²) >= 11 is 18.6. The zero-order chi connectivity index (χ0) is 14.9. The second-order valence-electron chi connectivity index (χ2n) is 3.66. The second kappa shape index (κ2) is 14.6. The van der Waals surface area contributed by atoms with E-state index in [1.165, 1.54) is 21.6 Å². The van der Waals surface area contributed by atoms with Crippen molar-refractivity contribution in [1.29, 1.82) is 0 Å². The molecule has 0 saturated heterocycles. The van der Waals surface area contributed by atoms with E-state index in [0.717, 1.165) is 8.64 Å². The van der Waals surface area contributed by atoms with Crippen molar-refractivity contribution in [2.75, 3.05) is 42.3 Å². The fourth-order valence-corrected chi connectivity index (χ4v) is 2.60. The van der Waals surface area contributed by atoms with Crippen molar-refractivity contribution in [3.63, 3.8) is 0 Å². The molecule has 0 amide bonds. The van der Waals surface area contributed by atoms with E-state index in [-0.39, 0.29) is 29.6 Å². The molecule has 0 bridgehead atoms. The van der Waals surface area contributed by atoms with Gasteiger partial charge in [-0.05, 0) is 21.6 Å². The van der Waals surface area contributed by atoms with E-state index in [2.05, 4.69) is 24.8 Å². The Hall–Kier alpha value is 1.72. The summed E-state index contributed by atoms with van der Waals surface area (Å²) in [7, 11) is 14.4. The third-order valence-electron chi connectivity index (χ3n) is 1.30. The third-order valence-corrected chi connectivity index (χ3v) is 6.22. The van der Waals surface area contributed by atoms with Gasteiger partial charge in [-0.2, -0.15) is 0 Å². The van der Waals surface area contributed by atoms with Crippen molar-refractivity contribution in [3.05, 3.63) is 0 Å². The molecule has 108 valence electrons. The van der Waals surface area contributed by atoms with Gasteiger partial charge in [0.05, 0.1) is 0 Å². The fraction of sp³-hybridized carbons (Fsp3) is 0.667. The van der Waals surface area contributed by atoms with Crippen LogP contribution in [-0.2, 0) is 0 Å². The number of thiol groups is 1. The number of thiocarbonyl (C=S) groups is 3. The monoisotopic (exact) mass is 385 g/mol. The van der Waals surface area contributed by atoms with Gasteiger partial charge < -0.3 is 14.7 Å². The molecule has 0 aliphatic carbocycles. The molecule has 0 aromatic heterocycles. The summed E-state index contributed by atoms with van der Waals surface area (Å²) in [4.78, 5) is 5.55. The van der Waals surface area contributed by atoms with Crippen molar-refractivity contribution in [2.45, 2.75) is 0 Å². The van der Waals surface area contributed by atoms with Crippen LogP contribution in [0.5, 0.6) is 0 Å². The van der Waals surface area contributed by atoms with Gasteiger partial charge in [0.1, 0.15) is 13.0 Å². The van der Waals surface area contributed by atoms with Gasteiger partial charge in [-0.25, -0.2) is 0 Å². The van der Waals surface area contributed by atoms with E-state index < -0.39 is 0 Å². The minimum absolute atomic E-state index is 0. The summed E-state index contributed by atoms with van der Waals surface area (Å²) in [5.74, 6) is 0. The molecule has 0 aliphatic rings. The molecule has 0 spiro atoms. The molecule has 0 radical (unpaired) electrons. The summed E-state index contributed by atoms with van der Waals surface area (Å²) in [6.45, 7) is 0. The first-order valence-corrected chi connectivity index (χ1v) is 8.59. The van der Waals surface area contributed by atoms with Crippen molar-refractivity contribution in [2.24, 2.45) is 0 Å². The first kappa shape index (κ1) is 25.7. The van der Waals surface area contributed by atoms with E-state index in [1.54, 1.807) is 4.90 Å². The number of nitrogens with zero attached hydrogens (tertiary/aromatic N) is 3. The van der Waals surface area contributed by atoms with Gasteiger partial charge in [0.15, 0.2) is 0 Å². The van der Waals surface area contributed by atoms with Gasteiger partial charge in [-0.15, -0.1) is 12.6 Å². The molecular formula is C9H20N3NaS6. The number of rotatable bonds is 0. The van der Waals surface area contributed by atoms with E-state index >= 15 is 0 Å². The van der Waals surface area contributed by atoms with Crippen LogP contribution in [0.2, 0.25) is 0 Å². The van der Waals surface area contributed by atoms with E-state index in [4.69, 9.17) is 24.4 Å². The topological polar surface area (TPSA) is 9.72 Å². The van der Waals surface area contributed by atoms with Crippen LogP contribution in [0.1, 0.15) is 0 Å². The molecule has 3 nitrogen and oxygen atoms in total. The molecule has 19 heavy (non-hydrogen) atoms. The van der Waals surface area contributed by atoms with Gasteiger partial charge in [0, 0.05) is 42.3 Å². The standard InChI is InChI=1S/C6H12N2S4.C3H7NS2.Na.H/c1-7(2)5(9)11-12-6(10)8(3)4;1-4(2)3(5)6;;/h1-4H3;1-2H3,(H,5,6);;. The maximum absolute atomic E-state index is 5.07. The van der Waals surface area contributed by atoms with E-state index in [1.807, 2.05) is 52.1 Å². The molecule has 0 heterocycles. The van der Waals surface area contributed by atoms with Crippen LogP contribution in [0.4, 0.5) is 0 Å². The fourth-order valence-electron chi connectivity index (χ4n) is 0.220. The Morgan fingerprint density at radius 3 is 1.05 bits per heavy atom. The van der Waals surface area contributed by atoms with Gasteiger partial charge in [-0.1, -0.05) is 36.7 Å². The Labute approximate surface area is 168 Å². The summed E-state index contributed by atoms with van der Waals surface area (Å²) in [5.41, 5.74) is 0. The van der Waals surface area contributed by atoms with E-state index in [9.17, 15) is 0 Å². The maximum atomic E-state index is 5.07. The van der Waals surface area contributed by atoms with Crippen molar-refractivity contribution < 1.29 is 0 Å². The predicted octanol–water partition coefficient (Wildman–Crippen LogP) is 2.18. The molecule has 0 saturated carbocycles. The molecule has 0 rings (SSSR count). The van der Waals surface area contributed by atoms with Crippen LogP contribution in [0.15, 0.2) is 0 Å². The molecular weight excluding hydrogens is 366 g/mol. The van der Waals surface area contributed by atoms with Crippen LogP contribution in [0.25, 0.3) is 0 Å². The minimum atomic E-state index is 0. The number of hydrogen-bond donors (Lipinski definition) is 1. The molecule has 10 heteroatoms. The average molecular weight is 386 g/mol. The first-order valence-electron chi connectivity index (χ1n) is 4.76. The zero-order valence-electron chi connectivity index (χ0n) is 11.3. The Kier molecular flexibility index (Phi) is 19.8. The van der Waals surface area contributed by atoms with Gasteiger partial charge in [0.25, 0.3) is 0 Å². The molecule has 0 atom stereocenters. The Bertz CT molecular complexity index is 276. The molecule has 0 aromatic rings. The Balaban J connectivity index is -0.000000313. The predicted molar refractivity (Wildman–Crippen MR) is 110 cm³/mol. The molecule has 0 N–H and O–H groups in total. The summed E-state index contributed by atoms with van der Waals surface area (Å²) in [5, 5.41) is 0. The van der Waals surface area contributed by atoms with Crippen molar-refractivity contribution >= 4 is 113 Å². The van der Waals surface area contributed by atoms with Crippen LogP contribution >= 0.6 is 70.9 Å². The van der Waals surface area contributed by atoms with Crippen LogP contribution in [0, 0.1) is 0 Å².